The number of carbonyl (C=O) groups is 3. The number of aromatic hydroxyl groups is 1. The van der Waals surface area contributed by atoms with Crippen molar-refractivity contribution in [1.29, 1.82) is 0 Å². The molecule has 18 nitrogen and oxygen atoms in total. The molecular weight excluding hydrogens is 1160 g/mol. The van der Waals surface area contributed by atoms with Crippen molar-refractivity contribution in [3.8, 4) is 17.6 Å². The molecule has 2 saturated heterocycles. The average Bonchev–Trinajstić information content (AvgIpc) is 1.39. The highest BCUT2D eigenvalue weighted by atomic mass is 33.1. The topological polar surface area (TPSA) is 335 Å². The van der Waals surface area contributed by atoms with Crippen molar-refractivity contribution in [1.82, 2.24) is 10.3 Å². The first kappa shape index (κ1) is 63.7. The van der Waals surface area contributed by atoms with E-state index in [1.165, 1.54) is 27.2 Å². The summed E-state index contributed by atoms with van der Waals surface area (Å²) in [5.41, 5.74) is 8.80. The summed E-state index contributed by atoms with van der Waals surface area (Å²) in [5, 5.41) is 116. The van der Waals surface area contributed by atoms with Crippen LogP contribution < -0.4 is 16.8 Å². The van der Waals surface area contributed by atoms with Crippen LogP contribution in [0.15, 0.2) is 70.6 Å². The van der Waals surface area contributed by atoms with Crippen LogP contribution >= 0.6 is 21.6 Å². The highest BCUT2D eigenvalue weighted by molar-refractivity contribution is 8.76. The number of fused-ring (bicyclic) bond motifs is 10. The lowest BCUT2D eigenvalue weighted by atomic mass is 9.40. The summed E-state index contributed by atoms with van der Waals surface area (Å²) < 4.78 is 5.95. The minimum Gasteiger partial charge on any atom is -0.508 e. The predicted molar refractivity (Wildman–Crippen MR) is 334 cm³/mol. The van der Waals surface area contributed by atoms with E-state index >= 15 is 14.7 Å². The number of allylic oxidation sites excluding steroid dienone is 3. The molecule has 1 aromatic heterocycles. The summed E-state index contributed by atoms with van der Waals surface area (Å²) in [4.78, 5) is 53.4. The van der Waals surface area contributed by atoms with E-state index in [1.807, 2.05) is 12.3 Å². The maximum Gasteiger partial charge on any atom is 0.313 e. The third kappa shape index (κ3) is 11.0. The molecule has 480 valence electrons. The van der Waals surface area contributed by atoms with Gasteiger partial charge in [0.25, 0.3) is 0 Å². The fraction of sp³-hybridized carbons (Fsp3) is 0.706. The maximum absolute atomic E-state index is 16.7. The zero-order valence-corrected chi connectivity index (χ0v) is 52.4. The van der Waals surface area contributed by atoms with E-state index in [0.717, 1.165) is 56.1 Å². The van der Waals surface area contributed by atoms with Crippen LogP contribution in [0.3, 0.4) is 0 Å². The van der Waals surface area contributed by atoms with Gasteiger partial charge in [-0.15, -0.1) is 5.92 Å². The van der Waals surface area contributed by atoms with E-state index < -0.39 is 118 Å². The van der Waals surface area contributed by atoms with Crippen LogP contribution in [0.2, 0.25) is 0 Å². The lowest BCUT2D eigenvalue weighted by molar-refractivity contribution is -0.207. The van der Waals surface area contributed by atoms with Gasteiger partial charge in [0, 0.05) is 90.1 Å². The number of aromatic nitrogens is 1. The number of ketones is 2. The highest BCUT2D eigenvalue weighted by Gasteiger charge is 2.76. The monoisotopic (exact) mass is 1250 g/mol. The Morgan fingerprint density at radius 3 is 2.40 bits per heavy atom. The number of rotatable bonds is 9. The maximum atomic E-state index is 16.7. The fourth-order valence-electron chi connectivity index (χ4n) is 20.7. The van der Waals surface area contributed by atoms with E-state index in [1.54, 1.807) is 37.4 Å². The SMILES string of the molecule is CC1CCC2=CCC3C(C(O)O)CC(O)C(C)(O)C4C(CC#CC(C5COC(=O)C5c5cc[nH]c5)CC3C2C1)CC1(O)C2=C3NC(CO)C(=O)CC(c5ccc(O)cc5)CSSCC5C(O)C(O)CC(C6CCCC6)(C2CCC41CCN=C(N)N)C5C3=O. The number of aliphatic imine (C=N–C) groups is 1. The van der Waals surface area contributed by atoms with Gasteiger partial charge in [0.1, 0.15) is 11.8 Å². The molecule has 2 aromatic rings. The number of hydrogen-bond donors (Lipinski definition) is 13. The van der Waals surface area contributed by atoms with Gasteiger partial charge in [0.05, 0.1) is 54.3 Å². The second-order valence-electron chi connectivity index (χ2n) is 28.8. The van der Waals surface area contributed by atoms with Crippen molar-refractivity contribution in [3.63, 3.8) is 0 Å². The summed E-state index contributed by atoms with van der Waals surface area (Å²) in [5.74, 6) is -0.193. The number of hydrogen-bond acceptors (Lipinski definition) is 17. The van der Waals surface area contributed by atoms with Crippen molar-refractivity contribution in [3.05, 3.63) is 76.8 Å². The molecule has 2 bridgehead atoms. The van der Waals surface area contributed by atoms with E-state index in [4.69, 9.17) is 16.2 Å². The standard InChI is InChI=1S/C68H93N5O13S2/c1-35-10-11-37-14-17-44-46(45(37)24-35)25-38(48-32-86-63(83)55(48)40-19-22-71-30-40)6-5-7-39-28-68(85)57-50(18-20-66(68,21-23-72-64(69)70)61(39)65(2,84)54(78)27-47(44)62(81)82)67(42-8-3-4-9-42)29-53(77)59(79)49-34-88-87-33-41(36-12-15-43(75)16-13-36)26-52(76)51(31-74)73-58(57)60(80)56(49)67/h12-16,19,22,30,35,38-39,41-42,44-51,53-56,59,61-62,71,73-75,77-79,81-82,84-85H,3-4,7-11,17-18,20-21,23-29,31-34H2,1-2H3,(H4,69,70,72). The van der Waals surface area contributed by atoms with E-state index in [2.05, 4.69) is 40.1 Å². The number of esters is 1. The van der Waals surface area contributed by atoms with E-state index in [0.29, 0.717) is 36.5 Å². The van der Waals surface area contributed by atoms with Crippen molar-refractivity contribution < 1.29 is 65.1 Å². The average molecular weight is 1250 g/mol. The number of aliphatic hydroxyl groups is 8. The molecule has 88 heavy (non-hydrogen) atoms. The van der Waals surface area contributed by atoms with Crippen LogP contribution in [0.5, 0.6) is 5.75 Å². The zero-order valence-electron chi connectivity index (χ0n) is 50.8. The molecule has 2 aliphatic heterocycles. The molecule has 10 aliphatic rings. The molecule has 22 unspecified atom stereocenters. The lowest BCUT2D eigenvalue weighted by Gasteiger charge is -2.66. The van der Waals surface area contributed by atoms with E-state index in [9.17, 15) is 45.6 Å². The lowest BCUT2D eigenvalue weighted by Crippen LogP contribution is -2.69. The Kier molecular flexibility index (Phi) is 18.3. The van der Waals surface area contributed by atoms with Crippen LogP contribution in [-0.2, 0) is 19.1 Å². The van der Waals surface area contributed by atoms with Gasteiger partial charge >= 0.3 is 5.97 Å². The number of aliphatic hydroxyl groups excluding tert-OH is 5. The summed E-state index contributed by atoms with van der Waals surface area (Å²) in [6.07, 6.45) is 7.27. The number of guanidine groups is 1. The minimum absolute atomic E-state index is 0.0192. The van der Waals surface area contributed by atoms with Crippen molar-refractivity contribution in [2.75, 3.05) is 31.3 Å². The summed E-state index contributed by atoms with van der Waals surface area (Å²) in [7, 11) is 3.00. The summed E-state index contributed by atoms with van der Waals surface area (Å²) in [6.45, 7) is 3.20. The number of aromatic amines is 1. The third-order valence-corrected chi connectivity index (χ3v) is 27.1. The molecule has 15 N–H and O–H groups in total. The first-order valence-electron chi connectivity index (χ1n) is 32.7. The molecule has 5 saturated carbocycles. The molecule has 1 aromatic carbocycles. The van der Waals surface area contributed by atoms with Crippen molar-refractivity contribution >= 4 is 45.1 Å². The number of H-pyrrole nitrogens is 1. The number of nitrogens with two attached hydrogens (primary N) is 2. The largest absolute Gasteiger partial charge is 0.508 e. The second-order valence-corrected chi connectivity index (χ2v) is 31.4. The number of nitrogens with one attached hydrogen (secondary N) is 2. The first-order valence-corrected chi connectivity index (χ1v) is 35.2. The van der Waals surface area contributed by atoms with Crippen molar-refractivity contribution in [2.45, 2.75) is 177 Å². The molecule has 20 heteroatoms. The molecule has 0 radical (unpaired) electrons. The van der Waals surface area contributed by atoms with Gasteiger partial charge in [-0.1, -0.05) is 71.1 Å². The highest BCUT2D eigenvalue weighted by Crippen LogP contribution is 2.75. The summed E-state index contributed by atoms with van der Waals surface area (Å²) >= 11 is 0. The molecule has 12 rings (SSSR count). The van der Waals surface area contributed by atoms with Crippen LogP contribution in [0.4, 0.5) is 0 Å². The number of phenolic OH excluding ortho intramolecular Hbond substituents is 1. The Hall–Kier alpha value is -4.40. The molecule has 22 atom stereocenters. The van der Waals surface area contributed by atoms with Gasteiger partial charge in [0.15, 0.2) is 23.8 Å². The number of phenols is 1. The molecular formula is C68H93N5O13S2. The van der Waals surface area contributed by atoms with Crippen LogP contribution in [0, 0.1) is 99.6 Å². The van der Waals surface area contributed by atoms with Gasteiger partial charge in [0.2, 0.25) is 0 Å². The van der Waals surface area contributed by atoms with Crippen LogP contribution in [-0.4, -0.2) is 148 Å². The van der Waals surface area contributed by atoms with Gasteiger partial charge in [-0.25, -0.2) is 0 Å². The molecule has 0 spiro atoms. The van der Waals surface area contributed by atoms with Gasteiger partial charge in [-0.2, -0.15) is 0 Å². The van der Waals surface area contributed by atoms with E-state index in [-0.39, 0.29) is 123 Å². The summed E-state index contributed by atoms with van der Waals surface area (Å²) in [6, 6.07) is 7.20. The Bertz CT molecular complexity index is 3060. The normalized spacial score (nSPS) is 43.2. The Balaban J connectivity index is 1.06. The molecule has 8 aliphatic carbocycles. The van der Waals surface area contributed by atoms with Crippen LogP contribution in [0.25, 0.3) is 0 Å². The number of benzene rings is 1. The second kappa shape index (κ2) is 25.2. The Morgan fingerprint density at radius 1 is 0.920 bits per heavy atom. The number of nitrogens with zero attached hydrogens (tertiary/aromatic N) is 1. The number of cyclic esters (lactones) is 1. The van der Waals surface area contributed by atoms with Gasteiger partial charge < -0.3 is 72.5 Å². The smallest absolute Gasteiger partial charge is 0.313 e. The molecule has 0 amide bonds. The zero-order chi connectivity index (χ0) is 62.2. The minimum atomic E-state index is -2.11. The fourth-order valence-corrected chi connectivity index (χ4v) is 23.5. The number of Topliss-reactive ketones (excluding diaryl/α,β-unsaturated/α-hetero) is 2. The third-order valence-electron chi connectivity index (χ3n) is 24.5. The van der Waals surface area contributed by atoms with Crippen molar-refractivity contribution in [2.24, 2.45) is 104 Å². The Labute approximate surface area is 524 Å². The van der Waals surface area contributed by atoms with Gasteiger partial charge in [-0.05, 0) is 172 Å². The number of carbonyl (C=O) groups excluding carboxylic acids is 3. The van der Waals surface area contributed by atoms with Crippen LogP contribution in [0.1, 0.15) is 146 Å². The quantitative estimate of drug-likeness (QED) is 0.0272. The Morgan fingerprint density at radius 2 is 1.68 bits per heavy atom. The molecule has 7 fully saturated rings. The molecule has 3 heterocycles. The van der Waals surface area contributed by atoms with Gasteiger partial charge in [-0.3, -0.25) is 19.4 Å². The predicted octanol–water partition coefficient (Wildman–Crippen LogP) is 5.70. The first-order chi connectivity index (χ1) is 42.1. The number of ether oxygens (including phenoxy) is 1.